The lowest BCUT2D eigenvalue weighted by atomic mass is 9.94. The van der Waals surface area contributed by atoms with Gasteiger partial charge in [0.2, 0.25) is 5.95 Å². The van der Waals surface area contributed by atoms with Crippen molar-refractivity contribution in [2.45, 2.75) is 6.92 Å². The van der Waals surface area contributed by atoms with Gasteiger partial charge in [-0.05, 0) is 24.6 Å². The second-order valence-electron chi connectivity index (χ2n) is 4.56. The molecule has 0 aliphatic carbocycles. The third-order valence-corrected chi connectivity index (χ3v) is 3.28. The minimum absolute atomic E-state index is 0.280. The molecule has 3 aromatic rings. The molecule has 20 heavy (non-hydrogen) atoms. The van der Waals surface area contributed by atoms with Crippen molar-refractivity contribution in [2.75, 3.05) is 5.73 Å². The van der Waals surface area contributed by atoms with Gasteiger partial charge in [-0.3, -0.25) is 0 Å². The number of nitrogen functional groups attached to an aromatic ring is 1. The molecule has 0 atom stereocenters. The summed E-state index contributed by atoms with van der Waals surface area (Å²) in [5.74, 6) is 3.02. The Hall–Kier alpha value is -2.86. The van der Waals surface area contributed by atoms with Crippen LogP contribution < -0.4 is 5.73 Å². The number of benzene rings is 2. The van der Waals surface area contributed by atoms with Crippen LogP contribution in [-0.2, 0) is 0 Å². The van der Waals surface area contributed by atoms with Gasteiger partial charge in [-0.15, -0.1) is 6.42 Å². The van der Waals surface area contributed by atoms with E-state index in [4.69, 9.17) is 12.2 Å². The Morgan fingerprint density at radius 3 is 2.50 bits per heavy atom. The van der Waals surface area contributed by atoms with Gasteiger partial charge in [-0.1, -0.05) is 36.3 Å². The van der Waals surface area contributed by atoms with E-state index in [9.17, 15) is 0 Å². The predicted molar refractivity (Wildman–Crippen MR) is 82.1 cm³/mol. The molecule has 2 aromatic carbocycles. The van der Waals surface area contributed by atoms with Gasteiger partial charge in [0, 0.05) is 16.5 Å². The van der Waals surface area contributed by atoms with Crippen LogP contribution in [0.1, 0.15) is 11.3 Å². The van der Waals surface area contributed by atoms with E-state index in [1.54, 1.807) is 0 Å². The fraction of sp³-hybridized carbons (Fsp3) is 0.0588. The summed E-state index contributed by atoms with van der Waals surface area (Å²) in [6.07, 6.45) is 5.64. The Bertz CT molecular complexity index is 830. The Labute approximate surface area is 117 Å². The van der Waals surface area contributed by atoms with Crippen molar-refractivity contribution in [3.8, 4) is 23.5 Å². The summed E-state index contributed by atoms with van der Waals surface area (Å²) in [4.78, 5) is 8.56. The second-order valence-corrected chi connectivity index (χ2v) is 4.56. The maximum Gasteiger partial charge on any atom is 0.220 e. The van der Waals surface area contributed by atoms with Crippen molar-refractivity contribution in [1.82, 2.24) is 9.97 Å². The van der Waals surface area contributed by atoms with Gasteiger partial charge < -0.3 is 5.73 Å². The first-order chi connectivity index (χ1) is 9.70. The molecule has 1 heterocycles. The third kappa shape index (κ3) is 1.88. The topological polar surface area (TPSA) is 51.8 Å². The summed E-state index contributed by atoms with van der Waals surface area (Å²) in [5, 5.41) is 0.959. The SMILES string of the molecule is C#Cc1ccc2nc(N)nc(C)c2c1-c1ccccc1. The van der Waals surface area contributed by atoms with Gasteiger partial charge in [0.1, 0.15) is 0 Å². The molecule has 0 aliphatic rings. The number of anilines is 1. The van der Waals surface area contributed by atoms with Gasteiger partial charge in [0.15, 0.2) is 0 Å². The molecule has 2 N–H and O–H groups in total. The number of hydrogen-bond acceptors (Lipinski definition) is 3. The molecule has 3 rings (SSSR count). The molecule has 0 fully saturated rings. The molecular formula is C17H13N3. The van der Waals surface area contributed by atoms with E-state index in [1.165, 1.54) is 0 Å². The van der Waals surface area contributed by atoms with Gasteiger partial charge in [0.25, 0.3) is 0 Å². The van der Waals surface area contributed by atoms with Crippen molar-refractivity contribution in [3.05, 3.63) is 53.7 Å². The molecule has 3 nitrogen and oxygen atoms in total. The molecule has 0 radical (unpaired) electrons. The first-order valence-electron chi connectivity index (χ1n) is 6.29. The average Bonchev–Trinajstić information content (AvgIpc) is 2.46. The van der Waals surface area contributed by atoms with E-state index in [0.717, 1.165) is 33.3 Å². The van der Waals surface area contributed by atoms with E-state index < -0.39 is 0 Å². The van der Waals surface area contributed by atoms with Crippen LogP contribution in [0.15, 0.2) is 42.5 Å². The lowest BCUT2D eigenvalue weighted by molar-refractivity contribution is 1.17. The zero-order valence-electron chi connectivity index (χ0n) is 11.1. The Morgan fingerprint density at radius 1 is 1.05 bits per heavy atom. The summed E-state index contributed by atoms with van der Waals surface area (Å²) in [6, 6.07) is 13.8. The monoisotopic (exact) mass is 259 g/mol. The average molecular weight is 259 g/mol. The minimum Gasteiger partial charge on any atom is -0.368 e. The fourth-order valence-electron chi connectivity index (χ4n) is 2.45. The highest BCUT2D eigenvalue weighted by Crippen LogP contribution is 2.32. The normalized spacial score (nSPS) is 10.4. The number of fused-ring (bicyclic) bond motifs is 1. The maximum absolute atomic E-state index is 5.72. The lowest BCUT2D eigenvalue weighted by Crippen LogP contribution is -2.00. The molecule has 0 saturated heterocycles. The van der Waals surface area contributed by atoms with Crippen LogP contribution in [0.5, 0.6) is 0 Å². The largest absolute Gasteiger partial charge is 0.368 e. The lowest BCUT2D eigenvalue weighted by Gasteiger charge is -2.11. The summed E-state index contributed by atoms with van der Waals surface area (Å²) >= 11 is 0. The molecule has 0 unspecified atom stereocenters. The van der Waals surface area contributed by atoms with Crippen molar-refractivity contribution in [1.29, 1.82) is 0 Å². The van der Waals surface area contributed by atoms with Gasteiger partial charge >= 0.3 is 0 Å². The van der Waals surface area contributed by atoms with Gasteiger partial charge in [-0.25, -0.2) is 9.97 Å². The van der Waals surface area contributed by atoms with Crippen LogP contribution in [-0.4, -0.2) is 9.97 Å². The number of aryl methyl sites for hydroxylation is 1. The van der Waals surface area contributed by atoms with Crippen LogP contribution >= 0.6 is 0 Å². The van der Waals surface area contributed by atoms with Crippen LogP contribution in [0, 0.1) is 19.3 Å². The third-order valence-electron chi connectivity index (χ3n) is 3.28. The summed E-state index contributed by atoms with van der Waals surface area (Å²) in [6.45, 7) is 1.92. The van der Waals surface area contributed by atoms with Crippen molar-refractivity contribution >= 4 is 16.9 Å². The highest BCUT2D eigenvalue weighted by Gasteiger charge is 2.13. The Morgan fingerprint density at radius 2 is 1.80 bits per heavy atom. The molecule has 3 heteroatoms. The molecule has 0 bridgehead atoms. The van der Waals surface area contributed by atoms with Gasteiger partial charge in [0.05, 0.1) is 11.2 Å². The molecule has 96 valence electrons. The van der Waals surface area contributed by atoms with Crippen LogP contribution in [0.4, 0.5) is 5.95 Å². The van der Waals surface area contributed by atoms with Gasteiger partial charge in [-0.2, -0.15) is 0 Å². The highest BCUT2D eigenvalue weighted by atomic mass is 15.0. The van der Waals surface area contributed by atoms with E-state index >= 15 is 0 Å². The fourth-order valence-corrected chi connectivity index (χ4v) is 2.45. The zero-order chi connectivity index (χ0) is 14.1. The molecule has 1 aromatic heterocycles. The maximum atomic E-state index is 5.72. The van der Waals surface area contributed by atoms with E-state index in [1.807, 2.05) is 49.4 Å². The van der Waals surface area contributed by atoms with E-state index in [-0.39, 0.29) is 5.95 Å². The van der Waals surface area contributed by atoms with E-state index in [0.29, 0.717) is 0 Å². The minimum atomic E-state index is 0.280. The van der Waals surface area contributed by atoms with Crippen LogP contribution in [0.2, 0.25) is 0 Å². The molecule has 0 amide bonds. The van der Waals surface area contributed by atoms with Crippen LogP contribution in [0.25, 0.3) is 22.0 Å². The van der Waals surface area contributed by atoms with Crippen molar-refractivity contribution in [2.24, 2.45) is 0 Å². The molecule has 0 aliphatic heterocycles. The highest BCUT2D eigenvalue weighted by molar-refractivity contribution is 5.99. The second kappa shape index (κ2) is 4.67. The number of nitrogens with two attached hydrogens (primary N) is 1. The first-order valence-corrected chi connectivity index (χ1v) is 6.29. The quantitative estimate of drug-likeness (QED) is 0.683. The summed E-state index contributed by atoms with van der Waals surface area (Å²) in [5.41, 5.74) is 10.3. The number of rotatable bonds is 1. The first kappa shape index (κ1) is 12.2. The number of nitrogens with zero attached hydrogens (tertiary/aromatic N) is 2. The number of hydrogen-bond donors (Lipinski definition) is 1. The standard InChI is InChI=1S/C17H13N3/c1-3-12-9-10-14-15(11(2)19-17(18)20-14)16(12)13-7-5-4-6-8-13/h1,4-10H,2H3,(H2,18,19,20). The Kier molecular flexibility index (Phi) is 2.85. The molecular weight excluding hydrogens is 246 g/mol. The molecule has 0 spiro atoms. The summed E-state index contributed by atoms with van der Waals surface area (Å²) < 4.78 is 0. The van der Waals surface area contributed by atoms with Crippen molar-refractivity contribution in [3.63, 3.8) is 0 Å². The zero-order valence-corrected chi connectivity index (χ0v) is 11.1. The van der Waals surface area contributed by atoms with Crippen LogP contribution in [0.3, 0.4) is 0 Å². The smallest absolute Gasteiger partial charge is 0.220 e. The predicted octanol–water partition coefficient (Wildman–Crippen LogP) is 3.17. The Balaban J connectivity index is 2.48. The van der Waals surface area contributed by atoms with E-state index in [2.05, 4.69) is 15.9 Å². The molecule has 0 saturated carbocycles. The summed E-state index contributed by atoms with van der Waals surface area (Å²) in [7, 11) is 0. The number of aromatic nitrogens is 2. The number of terminal acetylenes is 1. The van der Waals surface area contributed by atoms with Crippen molar-refractivity contribution < 1.29 is 0 Å².